The molecule has 1 unspecified atom stereocenters. The maximum atomic E-state index is 5.71. The molecule has 1 saturated heterocycles. The van der Waals surface area contributed by atoms with E-state index >= 15 is 0 Å². The second-order valence-electron chi connectivity index (χ2n) is 4.49. The van der Waals surface area contributed by atoms with Crippen LogP contribution in [-0.2, 0) is 4.74 Å². The molecule has 1 fully saturated rings. The predicted molar refractivity (Wildman–Crippen MR) is 76.1 cm³/mol. The van der Waals surface area contributed by atoms with E-state index in [0.29, 0.717) is 5.25 Å². The number of ether oxygens (including phenoxy) is 1. The van der Waals surface area contributed by atoms with Crippen LogP contribution in [0.15, 0.2) is 36.6 Å². The van der Waals surface area contributed by atoms with E-state index in [2.05, 4.69) is 43.0 Å². The van der Waals surface area contributed by atoms with E-state index in [1.807, 2.05) is 12.3 Å². The van der Waals surface area contributed by atoms with E-state index in [1.54, 1.807) is 0 Å². The van der Waals surface area contributed by atoms with Gasteiger partial charge in [-0.3, -0.25) is 0 Å². The molecule has 1 aliphatic rings. The minimum absolute atomic E-state index is 0.698. The predicted octanol–water partition coefficient (Wildman–Crippen LogP) is 4.35. The summed E-state index contributed by atoms with van der Waals surface area (Å²) in [5.41, 5.74) is 2.44. The molecular formula is C15H20OS. The Kier molecular flexibility index (Phi) is 4.99. The van der Waals surface area contributed by atoms with Gasteiger partial charge in [0.2, 0.25) is 0 Å². The topological polar surface area (TPSA) is 9.23 Å². The van der Waals surface area contributed by atoms with Crippen LogP contribution in [0.4, 0.5) is 0 Å². The van der Waals surface area contributed by atoms with Crippen molar-refractivity contribution < 1.29 is 4.74 Å². The van der Waals surface area contributed by atoms with Crippen LogP contribution in [0.3, 0.4) is 0 Å². The summed E-state index contributed by atoms with van der Waals surface area (Å²) in [4.78, 5) is 0. The molecule has 0 bridgehead atoms. The van der Waals surface area contributed by atoms with Crippen LogP contribution in [0.25, 0.3) is 5.57 Å². The Morgan fingerprint density at radius 1 is 1.35 bits per heavy atom. The van der Waals surface area contributed by atoms with Gasteiger partial charge in [-0.1, -0.05) is 36.8 Å². The van der Waals surface area contributed by atoms with Crippen molar-refractivity contribution in [3.63, 3.8) is 0 Å². The van der Waals surface area contributed by atoms with E-state index in [0.717, 1.165) is 6.61 Å². The normalized spacial score (nSPS) is 21.2. The Morgan fingerprint density at radius 2 is 2.18 bits per heavy atom. The van der Waals surface area contributed by atoms with Gasteiger partial charge >= 0.3 is 0 Å². The molecule has 2 rings (SSSR count). The highest BCUT2D eigenvalue weighted by Gasteiger charge is 2.13. The second kappa shape index (κ2) is 6.75. The van der Waals surface area contributed by atoms with Crippen LogP contribution < -0.4 is 0 Å². The number of thioether (sulfide) groups is 1. The average Bonchev–Trinajstić information content (AvgIpc) is 2.41. The molecule has 1 aromatic carbocycles. The summed E-state index contributed by atoms with van der Waals surface area (Å²) in [7, 11) is 0. The fourth-order valence-corrected chi connectivity index (χ4v) is 3.20. The van der Waals surface area contributed by atoms with Crippen LogP contribution in [0, 0.1) is 0 Å². The average molecular weight is 248 g/mol. The van der Waals surface area contributed by atoms with Gasteiger partial charge in [-0.05, 0) is 36.7 Å². The Balaban J connectivity index is 1.80. The SMILES string of the molecule is C/C(=C/OCC1CCCCS1)c1ccccc1. The van der Waals surface area contributed by atoms with E-state index in [1.165, 1.54) is 36.2 Å². The first-order chi connectivity index (χ1) is 8.36. The van der Waals surface area contributed by atoms with Gasteiger partial charge in [0.1, 0.15) is 0 Å². The van der Waals surface area contributed by atoms with E-state index in [4.69, 9.17) is 4.74 Å². The van der Waals surface area contributed by atoms with Crippen LogP contribution in [0.1, 0.15) is 31.7 Å². The molecule has 1 aromatic rings. The third kappa shape index (κ3) is 4.12. The second-order valence-corrected chi connectivity index (χ2v) is 5.90. The minimum atomic E-state index is 0.698. The first kappa shape index (κ1) is 12.6. The molecule has 2 heteroatoms. The quantitative estimate of drug-likeness (QED) is 0.733. The van der Waals surface area contributed by atoms with Gasteiger partial charge in [-0.25, -0.2) is 0 Å². The van der Waals surface area contributed by atoms with E-state index < -0.39 is 0 Å². The zero-order chi connectivity index (χ0) is 11.9. The standard InChI is InChI=1S/C15H20OS/c1-13(14-7-3-2-4-8-14)11-16-12-15-9-5-6-10-17-15/h2-4,7-8,11,15H,5-6,9-10,12H2,1H3/b13-11-. The van der Waals surface area contributed by atoms with Crippen molar-refractivity contribution >= 4 is 17.3 Å². The van der Waals surface area contributed by atoms with E-state index in [-0.39, 0.29) is 0 Å². The zero-order valence-electron chi connectivity index (χ0n) is 10.4. The van der Waals surface area contributed by atoms with Crippen molar-refractivity contribution in [2.75, 3.05) is 12.4 Å². The first-order valence-electron chi connectivity index (χ1n) is 6.31. The molecule has 92 valence electrons. The molecule has 1 atom stereocenters. The van der Waals surface area contributed by atoms with Gasteiger partial charge in [-0.2, -0.15) is 11.8 Å². The summed E-state index contributed by atoms with van der Waals surface area (Å²) in [6, 6.07) is 10.4. The fourth-order valence-electron chi connectivity index (χ4n) is 1.99. The third-order valence-corrected chi connectivity index (χ3v) is 4.41. The summed E-state index contributed by atoms with van der Waals surface area (Å²) in [5, 5.41) is 0.698. The van der Waals surface area contributed by atoms with Crippen molar-refractivity contribution in [2.24, 2.45) is 0 Å². The van der Waals surface area contributed by atoms with Crippen LogP contribution in [0.5, 0.6) is 0 Å². The van der Waals surface area contributed by atoms with Crippen molar-refractivity contribution in [3.8, 4) is 0 Å². The highest BCUT2D eigenvalue weighted by molar-refractivity contribution is 7.99. The summed E-state index contributed by atoms with van der Waals surface area (Å²) in [6.07, 6.45) is 5.95. The van der Waals surface area contributed by atoms with Crippen molar-refractivity contribution in [1.29, 1.82) is 0 Å². The van der Waals surface area contributed by atoms with Crippen LogP contribution in [0.2, 0.25) is 0 Å². The first-order valence-corrected chi connectivity index (χ1v) is 7.36. The Labute approximate surface area is 108 Å². The summed E-state index contributed by atoms with van der Waals surface area (Å²) in [6.45, 7) is 2.96. The number of benzene rings is 1. The molecule has 0 N–H and O–H groups in total. The van der Waals surface area contributed by atoms with Gasteiger partial charge in [0, 0.05) is 5.25 Å². The van der Waals surface area contributed by atoms with Gasteiger partial charge in [0.15, 0.2) is 0 Å². The highest BCUT2D eigenvalue weighted by atomic mass is 32.2. The number of hydrogen-bond acceptors (Lipinski definition) is 2. The Hall–Kier alpha value is -0.890. The molecule has 1 nitrogen and oxygen atoms in total. The van der Waals surface area contributed by atoms with E-state index in [9.17, 15) is 0 Å². The smallest absolute Gasteiger partial charge is 0.0991 e. The molecule has 0 radical (unpaired) electrons. The molecular weight excluding hydrogens is 228 g/mol. The maximum absolute atomic E-state index is 5.71. The lowest BCUT2D eigenvalue weighted by molar-refractivity contribution is 0.246. The molecule has 0 aliphatic carbocycles. The lowest BCUT2D eigenvalue weighted by Crippen LogP contribution is -2.14. The lowest BCUT2D eigenvalue weighted by atomic mass is 10.1. The van der Waals surface area contributed by atoms with Gasteiger partial charge < -0.3 is 4.74 Å². The van der Waals surface area contributed by atoms with Crippen LogP contribution >= 0.6 is 11.8 Å². The van der Waals surface area contributed by atoms with Gasteiger partial charge in [0.25, 0.3) is 0 Å². The highest BCUT2D eigenvalue weighted by Crippen LogP contribution is 2.25. The van der Waals surface area contributed by atoms with Crippen molar-refractivity contribution in [3.05, 3.63) is 42.2 Å². The molecule has 0 amide bonds. The Bertz CT molecular complexity index is 352. The summed E-state index contributed by atoms with van der Waals surface area (Å²) >= 11 is 2.06. The molecule has 1 heterocycles. The molecule has 0 aromatic heterocycles. The van der Waals surface area contributed by atoms with Crippen molar-refractivity contribution in [1.82, 2.24) is 0 Å². The maximum Gasteiger partial charge on any atom is 0.0991 e. The summed E-state index contributed by atoms with van der Waals surface area (Å²) < 4.78 is 5.71. The molecule has 17 heavy (non-hydrogen) atoms. The fraction of sp³-hybridized carbons (Fsp3) is 0.467. The minimum Gasteiger partial charge on any atom is -0.500 e. The number of hydrogen-bond donors (Lipinski definition) is 0. The number of allylic oxidation sites excluding steroid dienone is 1. The monoisotopic (exact) mass is 248 g/mol. The van der Waals surface area contributed by atoms with Crippen molar-refractivity contribution in [2.45, 2.75) is 31.4 Å². The summed E-state index contributed by atoms with van der Waals surface area (Å²) in [5.74, 6) is 1.30. The third-order valence-electron chi connectivity index (χ3n) is 3.05. The Morgan fingerprint density at radius 3 is 2.88 bits per heavy atom. The van der Waals surface area contributed by atoms with Gasteiger partial charge in [0.05, 0.1) is 12.9 Å². The number of rotatable bonds is 4. The lowest BCUT2D eigenvalue weighted by Gasteiger charge is -2.20. The largest absolute Gasteiger partial charge is 0.500 e. The molecule has 1 aliphatic heterocycles. The molecule has 0 spiro atoms. The van der Waals surface area contributed by atoms with Crippen LogP contribution in [-0.4, -0.2) is 17.6 Å². The zero-order valence-corrected chi connectivity index (χ0v) is 11.2. The van der Waals surface area contributed by atoms with Gasteiger partial charge in [-0.15, -0.1) is 0 Å². The molecule has 0 saturated carbocycles.